The van der Waals surface area contributed by atoms with E-state index in [1.165, 1.54) is 36.0 Å². The van der Waals surface area contributed by atoms with Gasteiger partial charge in [0.2, 0.25) is 0 Å². The van der Waals surface area contributed by atoms with Crippen LogP contribution in [0.1, 0.15) is 30.0 Å². The first-order chi connectivity index (χ1) is 10.9. The molecule has 0 aromatic carbocycles. The zero-order chi connectivity index (χ0) is 14.8. The Kier molecular flexibility index (Phi) is 3.60. The Morgan fingerprint density at radius 3 is 2.95 bits per heavy atom. The van der Waals surface area contributed by atoms with E-state index in [0.29, 0.717) is 5.92 Å². The van der Waals surface area contributed by atoms with Crippen molar-refractivity contribution in [2.24, 2.45) is 0 Å². The van der Waals surface area contributed by atoms with E-state index in [-0.39, 0.29) is 0 Å². The van der Waals surface area contributed by atoms with Crippen molar-refractivity contribution in [1.82, 2.24) is 19.9 Å². The molecular weight excluding hydrogens is 272 g/mol. The molecule has 1 saturated heterocycles. The highest BCUT2D eigenvalue weighted by molar-refractivity contribution is 5.76. The van der Waals surface area contributed by atoms with Gasteiger partial charge >= 0.3 is 0 Å². The van der Waals surface area contributed by atoms with Gasteiger partial charge in [-0.1, -0.05) is 0 Å². The van der Waals surface area contributed by atoms with E-state index < -0.39 is 0 Å². The summed E-state index contributed by atoms with van der Waals surface area (Å²) in [6.07, 6.45) is 8.09. The number of hydrogen-bond acceptors (Lipinski definition) is 3. The fourth-order valence-electron chi connectivity index (χ4n) is 3.40. The second kappa shape index (κ2) is 5.89. The normalized spacial score (nSPS) is 19.5. The topological polar surface area (TPSA) is 44.8 Å². The minimum Gasteiger partial charge on any atom is -0.343 e. The van der Waals surface area contributed by atoms with Crippen molar-refractivity contribution in [2.75, 3.05) is 13.1 Å². The Morgan fingerprint density at radius 2 is 2.09 bits per heavy atom. The maximum Gasteiger partial charge on any atom is 0.137 e. The highest BCUT2D eigenvalue weighted by Crippen LogP contribution is 2.29. The van der Waals surface area contributed by atoms with Crippen LogP contribution in [0.25, 0.3) is 11.0 Å². The number of piperidine rings is 1. The van der Waals surface area contributed by atoms with Crippen LogP contribution in [0.2, 0.25) is 0 Å². The van der Waals surface area contributed by atoms with Gasteiger partial charge < -0.3 is 4.98 Å². The molecule has 0 radical (unpaired) electrons. The van der Waals surface area contributed by atoms with Crippen molar-refractivity contribution in [3.63, 3.8) is 0 Å². The minimum absolute atomic E-state index is 0.574. The molecule has 0 amide bonds. The monoisotopic (exact) mass is 292 g/mol. The molecule has 4 heterocycles. The number of fused-ring (bicyclic) bond motifs is 1. The van der Waals surface area contributed by atoms with Crippen molar-refractivity contribution in [1.29, 1.82) is 0 Å². The average molecular weight is 292 g/mol. The molecule has 1 atom stereocenters. The summed E-state index contributed by atoms with van der Waals surface area (Å²) in [4.78, 5) is 14.5. The first-order valence-corrected chi connectivity index (χ1v) is 7.93. The average Bonchev–Trinajstić information content (AvgIpc) is 3.00. The lowest BCUT2D eigenvalue weighted by Crippen LogP contribution is -2.34. The Balaban J connectivity index is 1.50. The molecule has 0 bridgehead atoms. The van der Waals surface area contributed by atoms with Crippen molar-refractivity contribution in [3.8, 4) is 0 Å². The van der Waals surface area contributed by atoms with E-state index in [2.05, 4.69) is 44.1 Å². The smallest absolute Gasteiger partial charge is 0.137 e. The van der Waals surface area contributed by atoms with E-state index in [1.54, 1.807) is 0 Å². The quantitative estimate of drug-likeness (QED) is 0.805. The maximum absolute atomic E-state index is 4.41. The molecule has 1 N–H and O–H groups in total. The predicted octanol–water partition coefficient (Wildman–Crippen LogP) is 3.34. The number of pyridine rings is 2. The van der Waals surface area contributed by atoms with Crippen LogP contribution in [-0.4, -0.2) is 32.9 Å². The van der Waals surface area contributed by atoms with Gasteiger partial charge in [0.15, 0.2) is 0 Å². The third-order valence-corrected chi connectivity index (χ3v) is 4.51. The highest BCUT2D eigenvalue weighted by atomic mass is 15.1. The maximum atomic E-state index is 4.41. The lowest BCUT2D eigenvalue weighted by atomic mass is 9.94. The van der Waals surface area contributed by atoms with E-state index in [0.717, 1.165) is 18.7 Å². The summed E-state index contributed by atoms with van der Waals surface area (Å²) in [6.45, 7) is 3.30. The molecule has 22 heavy (non-hydrogen) atoms. The number of nitrogens with zero attached hydrogens (tertiary/aromatic N) is 3. The van der Waals surface area contributed by atoms with E-state index >= 15 is 0 Å². The SMILES string of the molecule is c1cnc2[nH]c(C3CCCN(Cc4ccncc4)C3)cc2c1. The summed E-state index contributed by atoms with van der Waals surface area (Å²) in [6, 6.07) is 10.6. The van der Waals surface area contributed by atoms with Gasteiger partial charge in [0.25, 0.3) is 0 Å². The Hall–Kier alpha value is -2.20. The van der Waals surface area contributed by atoms with Crippen LogP contribution in [0.15, 0.2) is 48.9 Å². The largest absolute Gasteiger partial charge is 0.343 e. The highest BCUT2D eigenvalue weighted by Gasteiger charge is 2.22. The molecule has 0 aliphatic carbocycles. The molecule has 1 fully saturated rings. The molecule has 1 aliphatic rings. The first kappa shape index (κ1) is 13.5. The van der Waals surface area contributed by atoms with Gasteiger partial charge in [-0.05, 0) is 55.3 Å². The number of aromatic nitrogens is 3. The number of rotatable bonds is 3. The van der Waals surface area contributed by atoms with Gasteiger partial charge in [0, 0.05) is 48.7 Å². The van der Waals surface area contributed by atoms with Crippen LogP contribution >= 0.6 is 0 Å². The first-order valence-electron chi connectivity index (χ1n) is 7.93. The zero-order valence-electron chi connectivity index (χ0n) is 12.6. The van der Waals surface area contributed by atoms with Gasteiger partial charge in [-0.15, -0.1) is 0 Å². The second-order valence-electron chi connectivity index (χ2n) is 6.10. The standard InChI is InChI=1S/C18H20N4/c1-3-15-11-17(21-18(15)20-7-1)16-4-2-10-22(13-16)12-14-5-8-19-9-6-14/h1,3,5-9,11,16H,2,4,10,12-13H2,(H,20,21). The summed E-state index contributed by atoms with van der Waals surface area (Å²) in [5.74, 6) is 0.574. The van der Waals surface area contributed by atoms with E-state index in [1.807, 2.05) is 24.7 Å². The molecule has 4 heteroatoms. The number of hydrogen-bond donors (Lipinski definition) is 1. The van der Waals surface area contributed by atoms with Crippen LogP contribution in [-0.2, 0) is 6.54 Å². The number of H-pyrrole nitrogens is 1. The molecule has 1 unspecified atom stereocenters. The van der Waals surface area contributed by atoms with E-state index in [9.17, 15) is 0 Å². The molecule has 112 valence electrons. The Morgan fingerprint density at radius 1 is 1.18 bits per heavy atom. The summed E-state index contributed by atoms with van der Waals surface area (Å²) < 4.78 is 0. The van der Waals surface area contributed by atoms with Gasteiger partial charge in [0.1, 0.15) is 5.65 Å². The second-order valence-corrected chi connectivity index (χ2v) is 6.10. The number of nitrogens with one attached hydrogen (secondary N) is 1. The molecule has 1 aliphatic heterocycles. The van der Waals surface area contributed by atoms with Crippen LogP contribution in [0.3, 0.4) is 0 Å². The Bertz CT molecular complexity index is 717. The molecule has 0 spiro atoms. The Labute approximate surface area is 130 Å². The lowest BCUT2D eigenvalue weighted by molar-refractivity contribution is 0.199. The predicted molar refractivity (Wildman–Crippen MR) is 87.6 cm³/mol. The van der Waals surface area contributed by atoms with Gasteiger partial charge in [-0.2, -0.15) is 0 Å². The molecule has 4 rings (SSSR count). The van der Waals surface area contributed by atoms with E-state index in [4.69, 9.17) is 0 Å². The zero-order valence-corrected chi connectivity index (χ0v) is 12.6. The van der Waals surface area contributed by atoms with Crippen LogP contribution < -0.4 is 0 Å². The van der Waals surface area contributed by atoms with Gasteiger partial charge in [-0.3, -0.25) is 9.88 Å². The lowest BCUT2D eigenvalue weighted by Gasteiger charge is -2.32. The molecule has 3 aromatic heterocycles. The summed E-state index contributed by atoms with van der Waals surface area (Å²) >= 11 is 0. The number of aromatic amines is 1. The van der Waals surface area contributed by atoms with Gasteiger partial charge in [0.05, 0.1) is 0 Å². The van der Waals surface area contributed by atoms with Crippen LogP contribution in [0.4, 0.5) is 0 Å². The van der Waals surface area contributed by atoms with Crippen molar-refractivity contribution in [3.05, 3.63) is 60.2 Å². The number of likely N-dealkylation sites (tertiary alicyclic amines) is 1. The van der Waals surface area contributed by atoms with Gasteiger partial charge in [-0.25, -0.2) is 4.98 Å². The molecule has 3 aromatic rings. The minimum atomic E-state index is 0.574. The van der Waals surface area contributed by atoms with Crippen molar-refractivity contribution < 1.29 is 0 Å². The summed E-state index contributed by atoms with van der Waals surface area (Å²) in [7, 11) is 0. The third kappa shape index (κ3) is 2.74. The van der Waals surface area contributed by atoms with Crippen LogP contribution in [0.5, 0.6) is 0 Å². The fraction of sp³-hybridized carbons (Fsp3) is 0.333. The van der Waals surface area contributed by atoms with Crippen molar-refractivity contribution >= 4 is 11.0 Å². The van der Waals surface area contributed by atoms with Crippen LogP contribution in [0, 0.1) is 0 Å². The summed E-state index contributed by atoms with van der Waals surface area (Å²) in [5.41, 5.74) is 3.67. The fourth-order valence-corrected chi connectivity index (χ4v) is 3.40. The third-order valence-electron chi connectivity index (χ3n) is 4.51. The molecule has 4 nitrogen and oxygen atoms in total. The summed E-state index contributed by atoms with van der Waals surface area (Å²) in [5, 5.41) is 1.21. The van der Waals surface area contributed by atoms with Crippen molar-refractivity contribution in [2.45, 2.75) is 25.3 Å². The molecular formula is C18H20N4. The molecule has 0 saturated carbocycles.